The van der Waals surface area contributed by atoms with Gasteiger partial charge in [0.1, 0.15) is 5.82 Å². The summed E-state index contributed by atoms with van der Waals surface area (Å²) in [5, 5.41) is 9.29. The minimum atomic E-state index is -3.75. The third kappa shape index (κ3) is 3.38. The maximum absolute atomic E-state index is 12.8. The summed E-state index contributed by atoms with van der Waals surface area (Å²) in [7, 11) is -3.75. The first-order valence-electron chi connectivity index (χ1n) is 7.48. The van der Waals surface area contributed by atoms with Crippen LogP contribution in [0.15, 0.2) is 47.0 Å². The lowest BCUT2D eigenvalue weighted by Crippen LogP contribution is -2.29. The highest BCUT2D eigenvalue weighted by molar-refractivity contribution is 7.92. The van der Waals surface area contributed by atoms with Crippen molar-refractivity contribution in [2.45, 2.75) is 18.2 Å². The lowest BCUT2D eigenvalue weighted by atomic mass is 10.1. The molecule has 2 aromatic rings. The van der Waals surface area contributed by atoms with Gasteiger partial charge in [-0.25, -0.2) is 22.5 Å². The van der Waals surface area contributed by atoms with E-state index >= 15 is 0 Å². The van der Waals surface area contributed by atoms with Gasteiger partial charge < -0.3 is 5.11 Å². The third-order valence-electron chi connectivity index (χ3n) is 3.89. The van der Waals surface area contributed by atoms with Gasteiger partial charge in [0.2, 0.25) is 0 Å². The molecule has 1 aromatic heterocycles. The minimum Gasteiger partial charge on any atom is -0.478 e. The van der Waals surface area contributed by atoms with Gasteiger partial charge in [0.05, 0.1) is 4.90 Å². The fourth-order valence-corrected chi connectivity index (χ4v) is 4.40. The number of pyridine rings is 1. The van der Waals surface area contributed by atoms with Crippen molar-refractivity contribution in [3.05, 3.63) is 58.3 Å². The maximum atomic E-state index is 12.8. The van der Waals surface area contributed by atoms with Crippen molar-refractivity contribution in [1.29, 1.82) is 0 Å². The Kier molecular flexibility index (Phi) is 4.53. The van der Waals surface area contributed by atoms with Gasteiger partial charge in [-0.2, -0.15) is 0 Å². The summed E-state index contributed by atoms with van der Waals surface area (Å²) < 4.78 is 26.9. The van der Waals surface area contributed by atoms with E-state index in [1.165, 1.54) is 35.6 Å². The monoisotopic (exact) mass is 378 g/mol. The van der Waals surface area contributed by atoms with Crippen LogP contribution in [0.25, 0.3) is 6.08 Å². The van der Waals surface area contributed by atoms with Gasteiger partial charge in [0, 0.05) is 23.3 Å². The number of aromatic nitrogens is 1. The molecule has 8 heteroatoms. The van der Waals surface area contributed by atoms with Crippen LogP contribution in [0.4, 0.5) is 5.82 Å². The fraction of sp³-hybridized carbons (Fsp3) is 0.176. The van der Waals surface area contributed by atoms with Crippen molar-refractivity contribution in [3.8, 4) is 0 Å². The number of carboxylic acid groups (broad SMARTS) is 1. The lowest BCUT2D eigenvalue weighted by Gasteiger charge is -2.18. The number of carbonyl (C=O) groups is 1. The van der Waals surface area contributed by atoms with Crippen LogP contribution in [-0.4, -0.2) is 31.0 Å². The van der Waals surface area contributed by atoms with Gasteiger partial charge in [0.25, 0.3) is 10.0 Å². The SMILES string of the molecule is C/C(=C\c1cnc2c(c1)CCN2S(=O)(=O)c1cccc(Cl)c1)C(=O)O. The summed E-state index contributed by atoms with van der Waals surface area (Å²) in [6, 6.07) is 7.86. The predicted molar refractivity (Wildman–Crippen MR) is 95.2 cm³/mol. The molecule has 0 aliphatic carbocycles. The Morgan fingerprint density at radius 3 is 2.80 bits per heavy atom. The van der Waals surface area contributed by atoms with E-state index in [1.807, 2.05) is 0 Å². The smallest absolute Gasteiger partial charge is 0.331 e. The zero-order valence-corrected chi connectivity index (χ0v) is 14.9. The third-order valence-corrected chi connectivity index (χ3v) is 5.91. The normalized spacial score (nSPS) is 14.5. The van der Waals surface area contributed by atoms with Crippen molar-refractivity contribution in [2.75, 3.05) is 10.8 Å². The van der Waals surface area contributed by atoms with E-state index in [0.29, 0.717) is 22.8 Å². The molecular weight excluding hydrogens is 364 g/mol. The molecule has 2 heterocycles. The highest BCUT2D eigenvalue weighted by atomic mass is 35.5. The molecule has 130 valence electrons. The predicted octanol–water partition coefficient (Wildman–Crippen LogP) is 2.97. The van der Waals surface area contributed by atoms with E-state index < -0.39 is 16.0 Å². The second kappa shape index (κ2) is 6.50. The Bertz CT molecular complexity index is 986. The molecule has 0 saturated carbocycles. The lowest BCUT2D eigenvalue weighted by molar-refractivity contribution is -0.132. The van der Waals surface area contributed by atoms with E-state index in [-0.39, 0.29) is 17.0 Å². The summed E-state index contributed by atoms with van der Waals surface area (Å²) in [5.74, 6) is -0.643. The van der Waals surface area contributed by atoms with Crippen LogP contribution < -0.4 is 4.31 Å². The number of fused-ring (bicyclic) bond motifs is 1. The van der Waals surface area contributed by atoms with Crippen LogP contribution in [0.3, 0.4) is 0 Å². The molecule has 0 spiro atoms. The van der Waals surface area contributed by atoms with E-state index in [0.717, 1.165) is 5.56 Å². The Morgan fingerprint density at radius 2 is 2.12 bits per heavy atom. The number of benzene rings is 1. The molecular formula is C17H15ClN2O4S. The second-order valence-electron chi connectivity index (χ2n) is 5.67. The van der Waals surface area contributed by atoms with E-state index in [2.05, 4.69) is 4.98 Å². The van der Waals surface area contributed by atoms with Gasteiger partial charge in [-0.05, 0) is 54.8 Å². The molecule has 0 amide bonds. The van der Waals surface area contributed by atoms with Crippen LogP contribution in [-0.2, 0) is 21.2 Å². The average molecular weight is 379 g/mol. The van der Waals surface area contributed by atoms with Gasteiger partial charge in [-0.3, -0.25) is 0 Å². The van der Waals surface area contributed by atoms with Crippen LogP contribution in [0.2, 0.25) is 5.02 Å². The number of anilines is 1. The van der Waals surface area contributed by atoms with Gasteiger partial charge in [-0.1, -0.05) is 17.7 Å². The number of nitrogens with zero attached hydrogens (tertiary/aromatic N) is 2. The molecule has 0 fully saturated rings. The number of aliphatic carboxylic acids is 1. The minimum absolute atomic E-state index is 0.111. The van der Waals surface area contributed by atoms with E-state index in [1.54, 1.807) is 18.2 Å². The number of halogens is 1. The van der Waals surface area contributed by atoms with Crippen molar-refractivity contribution >= 4 is 39.5 Å². The van der Waals surface area contributed by atoms with Gasteiger partial charge >= 0.3 is 5.97 Å². The van der Waals surface area contributed by atoms with Crippen molar-refractivity contribution in [3.63, 3.8) is 0 Å². The van der Waals surface area contributed by atoms with Crippen LogP contribution in [0.5, 0.6) is 0 Å². The van der Waals surface area contributed by atoms with Crippen molar-refractivity contribution < 1.29 is 18.3 Å². The highest BCUT2D eigenvalue weighted by Gasteiger charge is 2.32. The first-order chi connectivity index (χ1) is 11.8. The van der Waals surface area contributed by atoms with Gasteiger partial charge in [0.15, 0.2) is 0 Å². The number of rotatable bonds is 4. The zero-order chi connectivity index (χ0) is 18.2. The summed E-state index contributed by atoms with van der Waals surface area (Å²) in [6.45, 7) is 1.77. The molecule has 1 aliphatic rings. The van der Waals surface area contributed by atoms with E-state index in [9.17, 15) is 13.2 Å². The topological polar surface area (TPSA) is 87.6 Å². The Labute approximate surface area is 150 Å². The number of hydrogen-bond donors (Lipinski definition) is 1. The number of carboxylic acids is 1. The first kappa shape index (κ1) is 17.4. The maximum Gasteiger partial charge on any atom is 0.331 e. The van der Waals surface area contributed by atoms with Crippen molar-refractivity contribution in [2.24, 2.45) is 0 Å². The summed E-state index contributed by atoms with van der Waals surface area (Å²) >= 11 is 5.90. The molecule has 1 aromatic carbocycles. The Hall–Kier alpha value is -2.38. The van der Waals surface area contributed by atoms with E-state index in [4.69, 9.17) is 16.7 Å². The summed E-state index contributed by atoms with van der Waals surface area (Å²) in [4.78, 5) is 15.3. The molecule has 0 saturated heterocycles. The van der Waals surface area contributed by atoms with Crippen LogP contribution >= 0.6 is 11.6 Å². The molecule has 25 heavy (non-hydrogen) atoms. The quantitative estimate of drug-likeness (QED) is 0.826. The summed E-state index contributed by atoms with van der Waals surface area (Å²) in [6.07, 6.45) is 3.48. The molecule has 6 nitrogen and oxygen atoms in total. The molecule has 1 aliphatic heterocycles. The van der Waals surface area contributed by atoms with Crippen molar-refractivity contribution in [1.82, 2.24) is 4.98 Å². The number of hydrogen-bond acceptors (Lipinski definition) is 4. The zero-order valence-electron chi connectivity index (χ0n) is 13.3. The molecule has 0 bridgehead atoms. The highest BCUT2D eigenvalue weighted by Crippen LogP contribution is 2.32. The first-order valence-corrected chi connectivity index (χ1v) is 9.29. The van der Waals surface area contributed by atoms with Crippen LogP contribution in [0, 0.1) is 0 Å². The largest absolute Gasteiger partial charge is 0.478 e. The Balaban J connectivity index is 1.97. The molecule has 3 rings (SSSR count). The van der Waals surface area contributed by atoms with Gasteiger partial charge in [-0.15, -0.1) is 0 Å². The molecule has 1 N–H and O–H groups in total. The molecule has 0 radical (unpaired) electrons. The second-order valence-corrected chi connectivity index (χ2v) is 7.97. The standard InChI is InChI=1S/C17H15ClN2O4S/c1-11(17(21)22)7-12-8-13-5-6-20(16(13)19-10-12)25(23,24)15-4-2-3-14(18)9-15/h2-4,7-10H,5-6H2,1H3,(H,21,22)/b11-7+. The van der Waals surface area contributed by atoms with Crippen LogP contribution in [0.1, 0.15) is 18.1 Å². The summed E-state index contributed by atoms with van der Waals surface area (Å²) in [5.41, 5.74) is 1.57. The fourth-order valence-electron chi connectivity index (χ4n) is 2.64. The Morgan fingerprint density at radius 1 is 1.36 bits per heavy atom. The molecule has 0 atom stereocenters. The average Bonchev–Trinajstić information content (AvgIpc) is 2.98. The molecule has 0 unspecified atom stereocenters. The number of sulfonamides is 1.